The molecule has 1 amide bonds. The predicted octanol–water partition coefficient (Wildman–Crippen LogP) is 4.15. The molecule has 0 saturated heterocycles. The molecule has 3 heterocycles. The molecule has 0 atom stereocenters. The fraction of sp³-hybridized carbons (Fsp3) is 0.174. The minimum Gasteiger partial charge on any atom is -0.328 e. The maximum atomic E-state index is 12.9. The van der Waals surface area contributed by atoms with Crippen molar-refractivity contribution in [1.29, 1.82) is 0 Å². The molecule has 0 aliphatic carbocycles. The first-order valence-electron chi connectivity index (χ1n) is 9.75. The zero-order valence-electron chi connectivity index (χ0n) is 16.2. The van der Waals surface area contributed by atoms with Crippen molar-refractivity contribution in [3.8, 4) is 22.5 Å². The molecule has 4 aromatic rings. The third-order valence-electron chi connectivity index (χ3n) is 5.32. The van der Waals surface area contributed by atoms with Crippen molar-refractivity contribution in [3.05, 3.63) is 78.4 Å². The van der Waals surface area contributed by atoms with Crippen molar-refractivity contribution in [2.24, 2.45) is 7.05 Å². The number of carbonyl (C=O) groups excluding carboxylic acids is 1. The molecule has 1 aliphatic rings. The van der Waals surface area contributed by atoms with Gasteiger partial charge in [-0.2, -0.15) is 5.10 Å². The van der Waals surface area contributed by atoms with Crippen molar-refractivity contribution in [2.45, 2.75) is 19.4 Å². The molecule has 2 aromatic carbocycles. The number of aryl methyl sites for hydroxylation is 2. The van der Waals surface area contributed by atoms with Gasteiger partial charge < -0.3 is 9.88 Å². The number of rotatable bonds is 4. The maximum absolute atomic E-state index is 12.9. The first-order chi connectivity index (χ1) is 14.2. The monoisotopic (exact) mass is 383 g/mol. The standard InChI is InChI=1S/C23H21N5O/c1-27-20(14-19(26-27)16-7-3-2-4-8-16)23(29)25-18-10-5-9-17(13-18)21-15-24-22-11-6-12-28(21)22/h2-5,7-10,13-15H,6,11-12H2,1H3,(H,25,29). The van der Waals surface area contributed by atoms with E-state index < -0.39 is 0 Å². The van der Waals surface area contributed by atoms with Crippen LogP contribution in [0.2, 0.25) is 0 Å². The molecule has 0 spiro atoms. The van der Waals surface area contributed by atoms with Gasteiger partial charge in [-0.25, -0.2) is 4.98 Å². The number of aromatic nitrogens is 4. The van der Waals surface area contributed by atoms with Crippen molar-refractivity contribution in [3.63, 3.8) is 0 Å². The first-order valence-corrected chi connectivity index (χ1v) is 9.75. The van der Waals surface area contributed by atoms with E-state index in [2.05, 4.69) is 26.0 Å². The summed E-state index contributed by atoms with van der Waals surface area (Å²) in [6.45, 7) is 0.999. The Morgan fingerprint density at radius 1 is 1.03 bits per heavy atom. The number of fused-ring (bicyclic) bond motifs is 1. The average Bonchev–Trinajstić information content (AvgIpc) is 3.44. The Hall–Kier alpha value is -3.67. The highest BCUT2D eigenvalue weighted by Gasteiger charge is 2.18. The van der Waals surface area contributed by atoms with E-state index in [1.54, 1.807) is 11.7 Å². The molecule has 1 N–H and O–H groups in total. The van der Waals surface area contributed by atoms with Crippen LogP contribution in [0.5, 0.6) is 0 Å². The van der Waals surface area contributed by atoms with Gasteiger partial charge >= 0.3 is 0 Å². The molecule has 0 saturated carbocycles. The third-order valence-corrected chi connectivity index (χ3v) is 5.32. The Balaban J connectivity index is 1.40. The normalized spacial score (nSPS) is 12.7. The summed E-state index contributed by atoms with van der Waals surface area (Å²) in [7, 11) is 1.79. The second-order valence-electron chi connectivity index (χ2n) is 7.25. The van der Waals surface area contributed by atoms with Crippen LogP contribution in [-0.4, -0.2) is 25.2 Å². The van der Waals surface area contributed by atoms with Crippen LogP contribution in [0.25, 0.3) is 22.5 Å². The van der Waals surface area contributed by atoms with Crippen LogP contribution in [0.1, 0.15) is 22.7 Å². The first kappa shape index (κ1) is 17.4. The molecule has 6 nitrogen and oxygen atoms in total. The molecule has 6 heteroatoms. The Morgan fingerprint density at radius 2 is 1.86 bits per heavy atom. The minimum absolute atomic E-state index is 0.183. The molecule has 0 unspecified atom stereocenters. The summed E-state index contributed by atoms with van der Waals surface area (Å²) in [5.74, 6) is 0.954. The second-order valence-corrected chi connectivity index (χ2v) is 7.25. The van der Waals surface area contributed by atoms with Crippen molar-refractivity contribution < 1.29 is 4.79 Å². The van der Waals surface area contributed by atoms with Gasteiger partial charge in [-0.05, 0) is 24.6 Å². The summed E-state index contributed by atoms with van der Waals surface area (Å²) >= 11 is 0. The fourth-order valence-corrected chi connectivity index (χ4v) is 3.87. The number of hydrogen-bond acceptors (Lipinski definition) is 3. The molecular weight excluding hydrogens is 362 g/mol. The Bertz CT molecular complexity index is 1190. The second kappa shape index (κ2) is 7.05. The van der Waals surface area contributed by atoms with Gasteiger partial charge in [0, 0.05) is 36.8 Å². The lowest BCUT2D eigenvalue weighted by atomic mass is 10.1. The van der Waals surface area contributed by atoms with E-state index in [0.717, 1.165) is 53.4 Å². The SMILES string of the molecule is Cn1nc(-c2ccccc2)cc1C(=O)Nc1cccc(-c2cnc3n2CCC3)c1. The van der Waals surface area contributed by atoms with Crippen LogP contribution in [-0.2, 0) is 20.0 Å². The fourth-order valence-electron chi connectivity index (χ4n) is 3.87. The van der Waals surface area contributed by atoms with Crippen LogP contribution < -0.4 is 5.32 Å². The molecule has 0 radical (unpaired) electrons. The summed E-state index contributed by atoms with van der Waals surface area (Å²) in [6.07, 6.45) is 4.08. The lowest BCUT2D eigenvalue weighted by Gasteiger charge is -2.09. The largest absolute Gasteiger partial charge is 0.328 e. The summed E-state index contributed by atoms with van der Waals surface area (Å²) in [5, 5.41) is 7.49. The average molecular weight is 383 g/mol. The van der Waals surface area contributed by atoms with E-state index in [9.17, 15) is 4.79 Å². The van der Waals surface area contributed by atoms with E-state index in [4.69, 9.17) is 0 Å². The zero-order chi connectivity index (χ0) is 19.8. The van der Waals surface area contributed by atoms with Gasteiger partial charge in [0.05, 0.1) is 17.6 Å². The molecule has 0 bridgehead atoms. The van der Waals surface area contributed by atoms with Gasteiger partial charge in [-0.3, -0.25) is 9.48 Å². The van der Waals surface area contributed by atoms with Crippen LogP contribution in [0.15, 0.2) is 66.9 Å². The predicted molar refractivity (Wildman–Crippen MR) is 113 cm³/mol. The molecule has 5 rings (SSSR count). The van der Waals surface area contributed by atoms with Gasteiger partial charge in [-0.1, -0.05) is 42.5 Å². The maximum Gasteiger partial charge on any atom is 0.273 e. The minimum atomic E-state index is -0.183. The summed E-state index contributed by atoms with van der Waals surface area (Å²) in [4.78, 5) is 17.4. The lowest BCUT2D eigenvalue weighted by Crippen LogP contribution is -2.16. The van der Waals surface area contributed by atoms with Crippen LogP contribution in [0, 0.1) is 0 Å². The topological polar surface area (TPSA) is 64.7 Å². The van der Waals surface area contributed by atoms with Crippen LogP contribution in [0.4, 0.5) is 5.69 Å². The lowest BCUT2D eigenvalue weighted by molar-refractivity contribution is 0.101. The number of amides is 1. The van der Waals surface area contributed by atoms with Crippen molar-refractivity contribution >= 4 is 11.6 Å². The van der Waals surface area contributed by atoms with Gasteiger partial charge in [0.25, 0.3) is 5.91 Å². The van der Waals surface area contributed by atoms with Crippen LogP contribution in [0.3, 0.4) is 0 Å². The van der Waals surface area contributed by atoms with Crippen LogP contribution >= 0.6 is 0 Å². The molecule has 144 valence electrons. The van der Waals surface area contributed by atoms with E-state index in [0.29, 0.717) is 5.69 Å². The number of nitrogens with zero attached hydrogens (tertiary/aromatic N) is 4. The number of carbonyl (C=O) groups is 1. The van der Waals surface area contributed by atoms with Gasteiger partial charge in [-0.15, -0.1) is 0 Å². The Labute approximate surface area is 168 Å². The van der Waals surface area contributed by atoms with E-state index in [1.165, 1.54) is 0 Å². The quantitative estimate of drug-likeness (QED) is 0.576. The van der Waals surface area contributed by atoms with Crippen molar-refractivity contribution in [1.82, 2.24) is 19.3 Å². The molecule has 1 aliphatic heterocycles. The van der Waals surface area contributed by atoms with E-state index >= 15 is 0 Å². The third kappa shape index (κ3) is 3.23. The number of benzene rings is 2. The highest BCUT2D eigenvalue weighted by atomic mass is 16.2. The zero-order valence-corrected chi connectivity index (χ0v) is 16.2. The highest BCUT2D eigenvalue weighted by Crippen LogP contribution is 2.27. The number of imidazole rings is 1. The summed E-state index contributed by atoms with van der Waals surface area (Å²) < 4.78 is 3.87. The molecule has 2 aromatic heterocycles. The molecular formula is C23H21N5O. The van der Waals surface area contributed by atoms with E-state index in [-0.39, 0.29) is 5.91 Å². The Morgan fingerprint density at radius 3 is 2.72 bits per heavy atom. The molecule has 0 fully saturated rings. The van der Waals surface area contributed by atoms with Gasteiger partial charge in [0.15, 0.2) is 0 Å². The highest BCUT2D eigenvalue weighted by molar-refractivity contribution is 6.04. The number of anilines is 1. The van der Waals surface area contributed by atoms with Crippen molar-refractivity contribution in [2.75, 3.05) is 5.32 Å². The molecule has 29 heavy (non-hydrogen) atoms. The number of hydrogen-bond donors (Lipinski definition) is 1. The summed E-state index contributed by atoms with van der Waals surface area (Å²) in [5.41, 5.74) is 5.18. The van der Waals surface area contributed by atoms with E-state index in [1.807, 2.05) is 60.8 Å². The summed E-state index contributed by atoms with van der Waals surface area (Å²) in [6, 6.07) is 19.6. The van der Waals surface area contributed by atoms with Gasteiger partial charge in [0.1, 0.15) is 11.5 Å². The number of nitrogens with one attached hydrogen (secondary N) is 1. The van der Waals surface area contributed by atoms with Gasteiger partial charge in [0.2, 0.25) is 0 Å². The Kier molecular flexibility index (Phi) is 4.24. The smallest absolute Gasteiger partial charge is 0.273 e.